The number of alkyl halides is 1. The molecule has 0 bridgehead atoms. The van der Waals surface area contributed by atoms with Crippen LogP contribution in [0.5, 0.6) is 0 Å². The molecular weight excluding hydrogens is 328 g/mol. The Balaban J connectivity index is 1.69. The van der Waals surface area contributed by atoms with Crippen LogP contribution in [0.25, 0.3) is 0 Å². The number of amides is 1. The van der Waals surface area contributed by atoms with E-state index in [1.807, 2.05) is 20.8 Å². The van der Waals surface area contributed by atoms with Crippen LogP contribution < -0.4 is 4.90 Å². The summed E-state index contributed by atoms with van der Waals surface area (Å²) in [6.07, 6.45) is 2.26. The molecule has 3 rings (SSSR count). The van der Waals surface area contributed by atoms with Crippen LogP contribution in [0.15, 0.2) is 6.33 Å². The number of fused-ring (bicyclic) bond motifs is 1. The van der Waals surface area contributed by atoms with E-state index >= 15 is 0 Å². The maximum absolute atomic E-state index is 12.2. The van der Waals surface area contributed by atoms with Crippen LogP contribution in [-0.4, -0.2) is 52.7 Å². The summed E-state index contributed by atoms with van der Waals surface area (Å²) >= 11 is 6.40. The van der Waals surface area contributed by atoms with Gasteiger partial charge >= 0.3 is 6.09 Å². The minimum atomic E-state index is -0.466. The highest BCUT2D eigenvalue weighted by Crippen LogP contribution is 2.45. The van der Waals surface area contributed by atoms with Gasteiger partial charge in [0, 0.05) is 31.7 Å². The lowest BCUT2D eigenvalue weighted by Crippen LogP contribution is -2.50. The quantitative estimate of drug-likeness (QED) is 0.725. The number of anilines is 1. The van der Waals surface area contributed by atoms with E-state index in [1.54, 1.807) is 11.2 Å². The van der Waals surface area contributed by atoms with Crippen molar-refractivity contribution in [3.8, 4) is 0 Å². The van der Waals surface area contributed by atoms with Crippen LogP contribution in [-0.2, 0) is 4.74 Å². The van der Waals surface area contributed by atoms with Crippen LogP contribution in [0.4, 0.5) is 10.6 Å². The smallest absolute Gasteiger partial charge is 0.410 e. The van der Waals surface area contributed by atoms with Gasteiger partial charge in [0.1, 0.15) is 17.7 Å². The van der Waals surface area contributed by atoms with Gasteiger partial charge in [0.05, 0.1) is 11.1 Å². The van der Waals surface area contributed by atoms with E-state index in [-0.39, 0.29) is 11.5 Å². The molecule has 2 atom stereocenters. The Labute approximate surface area is 148 Å². The van der Waals surface area contributed by atoms with E-state index in [4.69, 9.17) is 16.3 Å². The van der Waals surface area contributed by atoms with Crippen molar-refractivity contribution in [2.45, 2.75) is 51.0 Å². The van der Waals surface area contributed by atoms with Gasteiger partial charge in [-0.1, -0.05) is 6.92 Å². The summed E-state index contributed by atoms with van der Waals surface area (Å²) in [5, 5.41) is -0.0280. The summed E-state index contributed by atoms with van der Waals surface area (Å²) in [6, 6.07) is 0. The largest absolute Gasteiger partial charge is 0.444 e. The van der Waals surface area contributed by atoms with Crippen molar-refractivity contribution in [2.75, 3.05) is 31.1 Å². The average molecular weight is 353 g/mol. The molecule has 7 heteroatoms. The molecule has 24 heavy (non-hydrogen) atoms. The molecule has 0 radical (unpaired) electrons. The summed E-state index contributed by atoms with van der Waals surface area (Å²) < 4.78 is 5.45. The molecule has 0 N–H and O–H groups in total. The van der Waals surface area contributed by atoms with Crippen LogP contribution in [0.3, 0.4) is 0 Å². The fourth-order valence-corrected chi connectivity index (χ4v) is 3.78. The molecule has 1 fully saturated rings. The van der Waals surface area contributed by atoms with Crippen molar-refractivity contribution in [3.05, 3.63) is 17.6 Å². The number of carbonyl (C=O) groups is 1. The monoisotopic (exact) mass is 352 g/mol. The highest BCUT2D eigenvalue weighted by molar-refractivity contribution is 6.21. The summed E-state index contributed by atoms with van der Waals surface area (Å²) in [4.78, 5) is 25.1. The Morgan fingerprint density at radius 2 is 1.92 bits per heavy atom. The SMILES string of the molecule is C[C@@H]1C[C@@H](Cl)c2ncnc(N3CCN(C(=O)OC(C)(C)C)CC3)c21. The fraction of sp³-hybridized carbons (Fsp3) is 0.706. The van der Waals surface area contributed by atoms with Gasteiger partial charge in [0.15, 0.2) is 0 Å². The summed E-state index contributed by atoms with van der Waals surface area (Å²) in [5.74, 6) is 1.34. The molecule has 1 aliphatic carbocycles. The number of piperazine rings is 1. The highest BCUT2D eigenvalue weighted by Gasteiger charge is 2.34. The molecule has 1 amide bonds. The second-order valence-corrected chi connectivity index (χ2v) is 8.08. The Bertz CT molecular complexity index is 624. The molecule has 0 unspecified atom stereocenters. The Morgan fingerprint density at radius 1 is 1.25 bits per heavy atom. The van der Waals surface area contributed by atoms with Crippen molar-refractivity contribution in [2.24, 2.45) is 0 Å². The van der Waals surface area contributed by atoms with Gasteiger partial charge in [-0.05, 0) is 33.1 Å². The lowest BCUT2D eigenvalue weighted by molar-refractivity contribution is 0.0240. The highest BCUT2D eigenvalue weighted by atomic mass is 35.5. The third-order valence-electron chi connectivity index (χ3n) is 4.47. The van der Waals surface area contributed by atoms with Crippen molar-refractivity contribution in [1.29, 1.82) is 0 Å². The number of carbonyl (C=O) groups excluding carboxylic acids is 1. The third-order valence-corrected chi connectivity index (χ3v) is 4.86. The van der Waals surface area contributed by atoms with Gasteiger partial charge in [0.25, 0.3) is 0 Å². The molecule has 1 aromatic rings. The molecule has 132 valence electrons. The summed E-state index contributed by atoms with van der Waals surface area (Å²) in [5.41, 5.74) is 1.67. The van der Waals surface area contributed by atoms with E-state index in [9.17, 15) is 4.79 Å². The standard InChI is InChI=1S/C17H25ClN4O2/c1-11-9-12(18)14-13(11)15(20-10-19-14)21-5-7-22(8-6-21)16(23)24-17(2,3)4/h10-12H,5-9H2,1-4H3/t11-,12-/m1/s1. The molecule has 0 aromatic carbocycles. The Hall–Kier alpha value is -1.56. The van der Waals surface area contributed by atoms with E-state index in [0.717, 1.165) is 31.0 Å². The summed E-state index contributed by atoms with van der Waals surface area (Å²) in [6.45, 7) is 10.6. The maximum Gasteiger partial charge on any atom is 0.410 e. The Kier molecular flexibility index (Phi) is 4.60. The first-order valence-corrected chi connectivity index (χ1v) is 8.91. The van der Waals surface area contributed by atoms with E-state index < -0.39 is 5.60 Å². The third kappa shape index (κ3) is 3.43. The number of hydrogen-bond acceptors (Lipinski definition) is 5. The molecule has 0 spiro atoms. The van der Waals surface area contributed by atoms with Gasteiger partial charge in [-0.25, -0.2) is 14.8 Å². The normalized spacial score (nSPS) is 24.0. The first-order chi connectivity index (χ1) is 11.3. The number of ether oxygens (including phenoxy) is 1. The predicted octanol–water partition coefficient (Wildman–Crippen LogP) is 3.32. The average Bonchev–Trinajstić information content (AvgIpc) is 2.81. The van der Waals surface area contributed by atoms with E-state index in [0.29, 0.717) is 19.0 Å². The van der Waals surface area contributed by atoms with Crippen LogP contribution in [0, 0.1) is 0 Å². The molecule has 0 saturated carbocycles. The van der Waals surface area contributed by atoms with Gasteiger partial charge in [0.2, 0.25) is 0 Å². The zero-order valence-corrected chi connectivity index (χ0v) is 15.5. The molecule has 2 aliphatic rings. The zero-order chi connectivity index (χ0) is 17.5. The van der Waals surface area contributed by atoms with Crippen molar-refractivity contribution < 1.29 is 9.53 Å². The second kappa shape index (κ2) is 6.39. The van der Waals surface area contributed by atoms with Crippen molar-refractivity contribution in [3.63, 3.8) is 0 Å². The van der Waals surface area contributed by atoms with E-state index in [2.05, 4.69) is 21.8 Å². The van der Waals surface area contributed by atoms with Gasteiger partial charge in [-0.2, -0.15) is 0 Å². The van der Waals surface area contributed by atoms with Gasteiger partial charge in [-0.3, -0.25) is 0 Å². The zero-order valence-electron chi connectivity index (χ0n) is 14.8. The molecule has 2 heterocycles. The number of hydrogen-bond donors (Lipinski definition) is 0. The molecular formula is C17H25ClN4O2. The summed E-state index contributed by atoms with van der Waals surface area (Å²) in [7, 11) is 0. The first kappa shape index (κ1) is 17.3. The molecule has 1 aliphatic heterocycles. The Morgan fingerprint density at radius 3 is 2.54 bits per heavy atom. The number of aromatic nitrogens is 2. The number of halogens is 1. The number of rotatable bonds is 1. The van der Waals surface area contributed by atoms with Crippen LogP contribution >= 0.6 is 11.6 Å². The van der Waals surface area contributed by atoms with Gasteiger partial charge < -0.3 is 14.5 Å². The molecule has 1 saturated heterocycles. The number of nitrogens with zero attached hydrogens (tertiary/aromatic N) is 4. The van der Waals surface area contributed by atoms with Crippen LogP contribution in [0.2, 0.25) is 0 Å². The first-order valence-electron chi connectivity index (χ1n) is 8.48. The second-order valence-electron chi connectivity index (χ2n) is 7.55. The lowest BCUT2D eigenvalue weighted by Gasteiger charge is -2.37. The molecule has 6 nitrogen and oxygen atoms in total. The van der Waals surface area contributed by atoms with Crippen molar-refractivity contribution >= 4 is 23.5 Å². The van der Waals surface area contributed by atoms with E-state index in [1.165, 1.54) is 5.56 Å². The maximum atomic E-state index is 12.2. The van der Waals surface area contributed by atoms with Crippen molar-refractivity contribution in [1.82, 2.24) is 14.9 Å². The minimum Gasteiger partial charge on any atom is -0.444 e. The minimum absolute atomic E-state index is 0.0280. The van der Waals surface area contributed by atoms with Crippen LogP contribution in [0.1, 0.15) is 56.7 Å². The van der Waals surface area contributed by atoms with Gasteiger partial charge in [-0.15, -0.1) is 11.6 Å². The lowest BCUT2D eigenvalue weighted by atomic mass is 10.1. The topological polar surface area (TPSA) is 58.6 Å². The fourth-order valence-electron chi connectivity index (χ4n) is 3.34. The molecule has 1 aromatic heterocycles. The predicted molar refractivity (Wildman–Crippen MR) is 93.7 cm³/mol.